The van der Waals surface area contributed by atoms with Crippen LogP contribution in [0, 0.1) is 0 Å². The van der Waals surface area contributed by atoms with Gasteiger partial charge in [0.1, 0.15) is 6.61 Å². The van der Waals surface area contributed by atoms with Crippen LogP contribution >= 0.6 is 0 Å². The van der Waals surface area contributed by atoms with Crippen molar-refractivity contribution < 1.29 is 24.2 Å². The number of carbonyl (C=O) groups is 2. The van der Waals surface area contributed by atoms with Crippen LogP contribution in [0.15, 0.2) is 48.6 Å². The van der Waals surface area contributed by atoms with Crippen LogP contribution in [0.1, 0.15) is 187 Å². The van der Waals surface area contributed by atoms with E-state index in [-0.39, 0.29) is 31.6 Å². The summed E-state index contributed by atoms with van der Waals surface area (Å²) in [4.78, 5) is 24.2. The zero-order valence-electron chi connectivity index (χ0n) is 30.8. The van der Waals surface area contributed by atoms with E-state index in [0.29, 0.717) is 12.8 Å². The third-order valence-corrected chi connectivity index (χ3v) is 8.38. The summed E-state index contributed by atoms with van der Waals surface area (Å²) >= 11 is 0. The lowest BCUT2D eigenvalue weighted by atomic mass is 10.0. The summed E-state index contributed by atoms with van der Waals surface area (Å²) in [7, 11) is 0. The Morgan fingerprint density at radius 3 is 1.34 bits per heavy atom. The van der Waals surface area contributed by atoms with Gasteiger partial charge in [-0.3, -0.25) is 9.59 Å². The number of aliphatic hydroxyl groups is 1. The first kappa shape index (κ1) is 44.9. The average Bonchev–Trinajstić information content (AvgIpc) is 3.07. The van der Waals surface area contributed by atoms with Crippen LogP contribution in [-0.4, -0.2) is 36.4 Å². The third-order valence-electron chi connectivity index (χ3n) is 8.38. The van der Waals surface area contributed by atoms with Gasteiger partial charge in [0.15, 0.2) is 6.10 Å². The highest BCUT2D eigenvalue weighted by Crippen LogP contribution is 2.13. The number of rotatable bonds is 35. The van der Waals surface area contributed by atoms with Gasteiger partial charge >= 0.3 is 11.9 Å². The fourth-order valence-electron chi connectivity index (χ4n) is 5.37. The van der Waals surface area contributed by atoms with Crippen molar-refractivity contribution in [1.82, 2.24) is 0 Å². The van der Waals surface area contributed by atoms with Gasteiger partial charge in [-0.1, -0.05) is 172 Å². The lowest BCUT2D eigenvalue weighted by Crippen LogP contribution is -2.28. The largest absolute Gasteiger partial charge is 0.462 e. The minimum Gasteiger partial charge on any atom is -0.462 e. The molecule has 5 heteroatoms. The molecule has 47 heavy (non-hydrogen) atoms. The van der Waals surface area contributed by atoms with E-state index in [1.54, 1.807) is 0 Å². The number of aliphatic hydroxyl groups excluding tert-OH is 1. The minimum absolute atomic E-state index is 0.0865. The van der Waals surface area contributed by atoms with Crippen molar-refractivity contribution in [2.75, 3.05) is 13.2 Å². The van der Waals surface area contributed by atoms with Crippen molar-refractivity contribution in [3.63, 3.8) is 0 Å². The second kappa shape index (κ2) is 38.3. The molecule has 0 spiro atoms. The maximum absolute atomic E-state index is 12.1. The maximum atomic E-state index is 12.1. The Morgan fingerprint density at radius 1 is 0.489 bits per heavy atom. The zero-order valence-corrected chi connectivity index (χ0v) is 30.8. The van der Waals surface area contributed by atoms with E-state index in [0.717, 1.165) is 44.9 Å². The molecular formula is C42H74O5. The van der Waals surface area contributed by atoms with Gasteiger partial charge in [-0.15, -0.1) is 0 Å². The molecule has 0 aliphatic rings. The molecule has 0 unspecified atom stereocenters. The van der Waals surface area contributed by atoms with Crippen LogP contribution < -0.4 is 0 Å². The van der Waals surface area contributed by atoms with Crippen LogP contribution in [0.4, 0.5) is 0 Å². The van der Waals surface area contributed by atoms with Crippen LogP contribution in [0.3, 0.4) is 0 Å². The number of esters is 2. The van der Waals surface area contributed by atoms with Gasteiger partial charge in [-0.05, 0) is 51.4 Å². The highest BCUT2D eigenvalue weighted by molar-refractivity contribution is 5.70. The molecule has 0 aromatic rings. The molecule has 0 aromatic carbocycles. The van der Waals surface area contributed by atoms with Crippen molar-refractivity contribution >= 4 is 11.9 Å². The molecule has 0 aliphatic carbocycles. The summed E-state index contributed by atoms with van der Waals surface area (Å²) < 4.78 is 10.5. The molecule has 0 amide bonds. The van der Waals surface area contributed by atoms with E-state index in [9.17, 15) is 14.7 Å². The number of ether oxygens (including phenoxy) is 2. The molecule has 0 bridgehead atoms. The van der Waals surface area contributed by atoms with E-state index in [4.69, 9.17) is 9.47 Å². The predicted molar refractivity (Wildman–Crippen MR) is 200 cm³/mol. The molecule has 1 atom stereocenters. The quantitative estimate of drug-likeness (QED) is 0.0417. The minimum atomic E-state index is -0.797. The molecule has 0 heterocycles. The first-order valence-electron chi connectivity index (χ1n) is 19.7. The van der Waals surface area contributed by atoms with Crippen molar-refractivity contribution in [1.29, 1.82) is 0 Å². The van der Waals surface area contributed by atoms with Crippen LogP contribution in [0.2, 0.25) is 0 Å². The fourth-order valence-corrected chi connectivity index (χ4v) is 5.37. The average molecular weight is 659 g/mol. The van der Waals surface area contributed by atoms with Gasteiger partial charge in [-0.2, -0.15) is 0 Å². The number of unbranched alkanes of at least 4 members (excludes halogenated alkanes) is 19. The number of allylic oxidation sites excluding steroid dienone is 8. The second-order valence-corrected chi connectivity index (χ2v) is 13.0. The summed E-state index contributed by atoms with van der Waals surface area (Å²) in [5.41, 5.74) is 0. The van der Waals surface area contributed by atoms with Crippen LogP contribution in [0.25, 0.3) is 0 Å². The Labute approximate surface area is 290 Å². The molecule has 5 nitrogen and oxygen atoms in total. The molecule has 0 saturated carbocycles. The number of hydrogen-bond donors (Lipinski definition) is 1. The van der Waals surface area contributed by atoms with Gasteiger partial charge in [0.2, 0.25) is 0 Å². The maximum Gasteiger partial charge on any atom is 0.306 e. The van der Waals surface area contributed by atoms with Gasteiger partial charge < -0.3 is 14.6 Å². The van der Waals surface area contributed by atoms with E-state index in [1.807, 2.05) is 0 Å². The SMILES string of the molecule is CCCCCCCCC/C=C/C/C=C/C/C=C/C/C=C/CCCC(=O)O[C@@H](CO)COC(=O)CCCCCCCCCCCCCC. The Morgan fingerprint density at radius 2 is 0.872 bits per heavy atom. The lowest BCUT2D eigenvalue weighted by Gasteiger charge is -2.15. The van der Waals surface area contributed by atoms with Crippen molar-refractivity contribution in [2.24, 2.45) is 0 Å². The molecule has 0 aromatic heterocycles. The Bertz CT molecular complexity index is 797. The smallest absolute Gasteiger partial charge is 0.306 e. The molecule has 1 N–H and O–H groups in total. The Hall–Kier alpha value is -2.14. The fraction of sp³-hybridized carbons (Fsp3) is 0.762. The van der Waals surface area contributed by atoms with Gasteiger partial charge in [0, 0.05) is 12.8 Å². The second-order valence-electron chi connectivity index (χ2n) is 13.0. The van der Waals surface area contributed by atoms with E-state index in [1.165, 1.54) is 109 Å². The highest BCUT2D eigenvalue weighted by Gasteiger charge is 2.15. The van der Waals surface area contributed by atoms with E-state index < -0.39 is 6.10 Å². The van der Waals surface area contributed by atoms with Gasteiger partial charge in [0.25, 0.3) is 0 Å². The summed E-state index contributed by atoms with van der Waals surface area (Å²) in [5.74, 6) is -0.655. The predicted octanol–water partition coefficient (Wildman–Crippen LogP) is 12.2. The Balaban J connectivity index is 3.67. The van der Waals surface area contributed by atoms with E-state index >= 15 is 0 Å². The molecule has 0 fully saturated rings. The van der Waals surface area contributed by atoms with Crippen molar-refractivity contribution in [3.8, 4) is 0 Å². The van der Waals surface area contributed by atoms with Crippen LogP contribution in [0.5, 0.6) is 0 Å². The topological polar surface area (TPSA) is 72.8 Å². The molecule has 0 saturated heterocycles. The highest BCUT2D eigenvalue weighted by atomic mass is 16.6. The third kappa shape index (κ3) is 36.5. The van der Waals surface area contributed by atoms with Gasteiger partial charge in [0.05, 0.1) is 6.61 Å². The first-order valence-corrected chi connectivity index (χ1v) is 19.7. The van der Waals surface area contributed by atoms with E-state index in [2.05, 4.69) is 62.5 Å². The molecule has 0 aliphatic heterocycles. The summed E-state index contributed by atoms with van der Waals surface area (Å²) in [5, 5.41) is 9.53. The molecule has 0 rings (SSSR count). The lowest BCUT2D eigenvalue weighted by molar-refractivity contribution is -0.161. The number of carbonyl (C=O) groups excluding carboxylic acids is 2. The summed E-state index contributed by atoms with van der Waals surface area (Å²) in [6, 6.07) is 0. The zero-order chi connectivity index (χ0) is 34.3. The standard InChI is InChI=1S/C42H74O5/c1-3-5-7-9-11-13-15-17-18-19-20-21-22-23-24-25-27-29-31-33-35-37-42(45)47-40(38-43)39-46-41(44)36-34-32-30-28-26-16-14-12-10-8-6-4-2/h18-19,21-22,24-25,29,31,40,43H,3-17,20,23,26-28,30,32-39H2,1-2H3/b19-18+,22-21+,25-24+,31-29+/t40-/m0/s1. The van der Waals surface area contributed by atoms with Crippen LogP contribution in [-0.2, 0) is 19.1 Å². The van der Waals surface area contributed by atoms with Crippen molar-refractivity contribution in [3.05, 3.63) is 48.6 Å². The first-order chi connectivity index (χ1) is 23.1. The molecule has 272 valence electrons. The molecule has 0 radical (unpaired) electrons. The van der Waals surface area contributed by atoms with Gasteiger partial charge in [-0.25, -0.2) is 0 Å². The summed E-state index contributed by atoms with van der Waals surface area (Å²) in [6.45, 7) is 4.08. The normalized spacial score (nSPS) is 12.7. The Kier molecular flexibility index (Phi) is 36.6. The van der Waals surface area contributed by atoms with Crippen molar-refractivity contribution in [2.45, 2.75) is 193 Å². The number of hydrogen-bond acceptors (Lipinski definition) is 5. The summed E-state index contributed by atoms with van der Waals surface area (Å²) in [6.07, 6.45) is 47.5. The molecular weight excluding hydrogens is 584 g/mol. The monoisotopic (exact) mass is 659 g/mol.